The Kier molecular flexibility index (Phi) is 3.08. The first-order chi connectivity index (χ1) is 7.82. The van der Waals surface area contributed by atoms with Crippen LogP contribution in [0.15, 0.2) is 0 Å². The Hall–Kier alpha value is -0.810. The van der Waals surface area contributed by atoms with E-state index in [1.807, 2.05) is 20.8 Å². The van der Waals surface area contributed by atoms with Gasteiger partial charge in [-0.2, -0.15) is 0 Å². The minimum atomic E-state index is -0.453. The van der Waals surface area contributed by atoms with Gasteiger partial charge in [0.15, 0.2) is 0 Å². The zero-order valence-corrected chi connectivity index (χ0v) is 10.9. The second-order valence-corrected chi connectivity index (χ2v) is 5.96. The van der Waals surface area contributed by atoms with Crippen LogP contribution in [0.5, 0.6) is 0 Å². The monoisotopic (exact) mass is 242 g/mol. The standard InChI is InChI=1S/C12H22N2O3/c1-11(2,3)17-10(15)14-6-5-12(8-14)9(13)4-7-16-12/h9H,4-8,13H2,1-3H3. The number of carbonyl (C=O) groups is 1. The van der Waals surface area contributed by atoms with Crippen LogP contribution in [0.3, 0.4) is 0 Å². The summed E-state index contributed by atoms with van der Waals surface area (Å²) < 4.78 is 11.1. The zero-order chi connectivity index (χ0) is 12.7. The van der Waals surface area contributed by atoms with Gasteiger partial charge in [-0.05, 0) is 33.6 Å². The van der Waals surface area contributed by atoms with Crippen molar-refractivity contribution in [2.45, 2.75) is 50.9 Å². The normalized spacial score (nSPS) is 33.4. The Balaban J connectivity index is 1.96. The van der Waals surface area contributed by atoms with E-state index in [9.17, 15) is 4.79 Å². The Bertz CT molecular complexity index is 313. The first kappa shape index (κ1) is 12.6. The van der Waals surface area contributed by atoms with Crippen molar-refractivity contribution in [3.8, 4) is 0 Å². The number of likely N-dealkylation sites (tertiary alicyclic amines) is 1. The maximum absolute atomic E-state index is 11.9. The Morgan fingerprint density at radius 3 is 2.76 bits per heavy atom. The summed E-state index contributed by atoms with van der Waals surface area (Å²) in [6.07, 6.45) is 1.42. The van der Waals surface area contributed by atoms with E-state index in [-0.39, 0.29) is 17.7 Å². The first-order valence-corrected chi connectivity index (χ1v) is 6.20. The van der Waals surface area contributed by atoms with Crippen LogP contribution in [0, 0.1) is 0 Å². The zero-order valence-electron chi connectivity index (χ0n) is 10.9. The molecule has 2 fully saturated rings. The predicted molar refractivity (Wildman–Crippen MR) is 63.7 cm³/mol. The molecule has 2 unspecified atom stereocenters. The number of hydrogen-bond acceptors (Lipinski definition) is 4. The van der Waals surface area contributed by atoms with Crippen molar-refractivity contribution in [1.29, 1.82) is 0 Å². The third-order valence-corrected chi connectivity index (χ3v) is 3.41. The van der Waals surface area contributed by atoms with E-state index >= 15 is 0 Å². The van der Waals surface area contributed by atoms with Crippen LogP contribution < -0.4 is 5.73 Å². The average molecular weight is 242 g/mol. The van der Waals surface area contributed by atoms with Gasteiger partial charge in [-0.25, -0.2) is 4.79 Å². The third-order valence-electron chi connectivity index (χ3n) is 3.41. The summed E-state index contributed by atoms with van der Waals surface area (Å²) in [4.78, 5) is 13.6. The number of amides is 1. The molecular formula is C12H22N2O3. The molecule has 1 spiro atoms. The van der Waals surface area contributed by atoms with Crippen molar-refractivity contribution in [2.75, 3.05) is 19.7 Å². The SMILES string of the molecule is CC(C)(C)OC(=O)N1CCC2(C1)OCCC2N. The molecule has 0 aromatic rings. The molecule has 0 aromatic carbocycles. The molecule has 1 amide bonds. The molecule has 0 bridgehead atoms. The van der Waals surface area contributed by atoms with Crippen LogP contribution in [-0.2, 0) is 9.47 Å². The quantitative estimate of drug-likeness (QED) is 0.691. The van der Waals surface area contributed by atoms with Crippen molar-refractivity contribution in [3.05, 3.63) is 0 Å². The highest BCUT2D eigenvalue weighted by atomic mass is 16.6. The number of hydrogen-bond donors (Lipinski definition) is 1. The number of carbonyl (C=O) groups excluding carboxylic acids is 1. The molecule has 2 rings (SSSR count). The number of rotatable bonds is 0. The molecule has 2 aliphatic rings. The number of nitrogens with zero attached hydrogens (tertiary/aromatic N) is 1. The second-order valence-electron chi connectivity index (χ2n) is 5.96. The van der Waals surface area contributed by atoms with Crippen molar-refractivity contribution < 1.29 is 14.3 Å². The summed E-state index contributed by atoms with van der Waals surface area (Å²) in [5.41, 5.74) is 5.29. The molecule has 2 heterocycles. The van der Waals surface area contributed by atoms with Gasteiger partial charge in [0.1, 0.15) is 11.2 Å². The summed E-state index contributed by atoms with van der Waals surface area (Å²) in [5, 5.41) is 0. The largest absolute Gasteiger partial charge is 0.444 e. The van der Waals surface area contributed by atoms with Gasteiger partial charge in [0.25, 0.3) is 0 Å². The van der Waals surface area contributed by atoms with E-state index in [0.717, 1.165) is 12.8 Å². The van der Waals surface area contributed by atoms with E-state index < -0.39 is 5.60 Å². The van der Waals surface area contributed by atoms with Crippen LogP contribution in [-0.4, -0.2) is 47.9 Å². The van der Waals surface area contributed by atoms with E-state index in [1.54, 1.807) is 4.90 Å². The van der Waals surface area contributed by atoms with Crippen molar-refractivity contribution in [3.63, 3.8) is 0 Å². The lowest BCUT2D eigenvalue weighted by Gasteiger charge is -2.28. The molecular weight excluding hydrogens is 220 g/mol. The van der Waals surface area contributed by atoms with Gasteiger partial charge in [-0.3, -0.25) is 0 Å². The molecule has 2 N–H and O–H groups in total. The average Bonchev–Trinajstić information content (AvgIpc) is 2.74. The van der Waals surface area contributed by atoms with Gasteiger partial charge in [0, 0.05) is 19.2 Å². The van der Waals surface area contributed by atoms with Gasteiger partial charge in [0.2, 0.25) is 0 Å². The van der Waals surface area contributed by atoms with E-state index in [1.165, 1.54) is 0 Å². The van der Waals surface area contributed by atoms with Crippen LogP contribution in [0.25, 0.3) is 0 Å². The molecule has 0 saturated carbocycles. The number of nitrogens with two attached hydrogens (primary N) is 1. The van der Waals surface area contributed by atoms with E-state index in [0.29, 0.717) is 19.7 Å². The van der Waals surface area contributed by atoms with Gasteiger partial charge < -0.3 is 20.1 Å². The molecule has 0 aromatic heterocycles. The van der Waals surface area contributed by atoms with Crippen molar-refractivity contribution >= 4 is 6.09 Å². The summed E-state index contributed by atoms with van der Waals surface area (Å²) in [6.45, 7) is 7.53. The number of ether oxygens (including phenoxy) is 2. The molecule has 0 radical (unpaired) electrons. The van der Waals surface area contributed by atoms with Crippen LogP contribution >= 0.6 is 0 Å². The van der Waals surface area contributed by atoms with Gasteiger partial charge in [-0.1, -0.05) is 0 Å². The fraction of sp³-hybridized carbons (Fsp3) is 0.917. The Labute approximate surface area is 102 Å². The van der Waals surface area contributed by atoms with E-state index in [4.69, 9.17) is 15.2 Å². The van der Waals surface area contributed by atoms with Gasteiger partial charge in [0.05, 0.1) is 6.54 Å². The molecule has 5 heteroatoms. The minimum absolute atomic E-state index is 0.0370. The lowest BCUT2D eigenvalue weighted by Crippen LogP contribution is -2.48. The Morgan fingerprint density at radius 2 is 2.24 bits per heavy atom. The van der Waals surface area contributed by atoms with Crippen LogP contribution in [0.1, 0.15) is 33.6 Å². The van der Waals surface area contributed by atoms with Gasteiger partial charge >= 0.3 is 6.09 Å². The highest BCUT2D eigenvalue weighted by molar-refractivity contribution is 5.68. The maximum atomic E-state index is 11.9. The summed E-state index contributed by atoms with van der Waals surface area (Å²) in [6, 6.07) is 0.0370. The minimum Gasteiger partial charge on any atom is -0.444 e. The summed E-state index contributed by atoms with van der Waals surface area (Å²) >= 11 is 0. The molecule has 17 heavy (non-hydrogen) atoms. The lowest BCUT2D eigenvalue weighted by molar-refractivity contribution is -0.00494. The fourth-order valence-corrected chi connectivity index (χ4v) is 2.47. The predicted octanol–water partition coefficient (Wildman–Crippen LogP) is 1.11. The molecule has 2 atom stereocenters. The van der Waals surface area contributed by atoms with Crippen molar-refractivity contribution in [2.24, 2.45) is 5.73 Å². The molecule has 5 nitrogen and oxygen atoms in total. The Morgan fingerprint density at radius 1 is 1.53 bits per heavy atom. The highest BCUT2D eigenvalue weighted by Crippen LogP contribution is 2.34. The highest BCUT2D eigenvalue weighted by Gasteiger charge is 2.49. The third kappa shape index (κ3) is 2.55. The van der Waals surface area contributed by atoms with Crippen LogP contribution in [0.4, 0.5) is 4.79 Å². The topological polar surface area (TPSA) is 64.8 Å². The molecule has 2 aliphatic heterocycles. The maximum Gasteiger partial charge on any atom is 0.410 e. The lowest BCUT2D eigenvalue weighted by atomic mass is 9.94. The van der Waals surface area contributed by atoms with Crippen LogP contribution in [0.2, 0.25) is 0 Å². The molecule has 0 aliphatic carbocycles. The summed E-state index contributed by atoms with van der Waals surface area (Å²) in [7, 11) is 0. The molecule has 2 saturated heterocycles. The second kappa shape index (κ2) is 4.14. The van der Waals surface area contributed by atoms with Gasteiger partial charge in [-0.15, -0.1) is 0 Å². The molecule has 98 valence electrons. The first-order valence-electron chi connectivity index (χ1n) is 6.20. The van der Waals surface area contributed by atoms with Crippen molar-refractivity contribution in [1.82, 2.24) is 4.90 Å². The smallest absolute Gasteiger partial charge is 0.410 e. The summed E-state index contributed by atoms with van der Waals surface area (Å²) in [5.74, 6) is 0. The fourth-order valence-electron chi connectivity index (χ4n) is 2.47. The van der Waals surface area contributed by atoms with E-state index in [2.05, 4.69) is 0 Å².